The third-order valence-electron chi connectivity index (χ3n) is 3.84. The zero-order chi connectivity index (χ0) is 19.2. The van der Waals surface area contributed by atoms with E-state index in [9.17, 15) is 14.4 Å². The van der Waals surface area contributed by atoms with Crippen LogP contribution >= 0.6 is 0 Å². The standard InChI is InChI=1S/C19H19N3O5/c1-12(23)20-10-17(24)22-18(13-5-3-2-4-6-13)19(25)21-14-7-8-15-16(9-14)27-11-26-15/h2-9,18H,10-11H2,1H3,(H,20,23)(H,21,25)(H,22,24). The number of anilines is 1. The molecule has 0 fully saturated rings. The molecule has 0 spiro atoms. The number of benzene rings is 2. The molecule has 0 bridgehead atoms. The van der Waals surface area contributed by atoms with E-state index < -0.39 is 17.9 Å². The Morgan fingerprint density at radius 1 is 1.04 bits per heavy atom. The first-order valence-electron chi connectivity index (χ1n) is 8.32. The third-order valence-corrected chi connectivity index (χ3v) is 3.84. The van der Waals surface area contributed by atoms with Gasteiger partial charge in [0.1, 0.15) is 6.04 Å². The minimum atomic E-state index is -0.919. The molecular weight excluding hydrogens is 350 g/mol. The van der Waals surface area contributed by atoms with Crippen molar-refractivity contribution in [3.63, 3.8) is 0 Å². The van der Waals surface area contributed by atoms with Crippen molar-refractivity contribution in [2.24, 2.45) is 0 Å². The molecule has 140 valence electrons. The largest absolute Gasteiger partial charge is 0.454 e. The second-order valence-electron chi connectivity index (χ2n) is 5.88. The van der Waals surface area contributed by atoms with Gasteiger partial charge in [0.2, 0.25) is 18.6 Å². The lowest BCUT2D eigenvalue weighted by atomic mass is 10.1. The molecule has 1 aliphatic heterocycles. The van der Waals surface area contributed by atoms with E-state index in [2.05, 4.69) is 16.0 Å². The Morgan fingerprint density at radius 3 is 2.52 bits per heavy atom. The molecule has 1 atom stereocenters. The number of hydrogen-bond donors (Lipinski definition) is 3. The van der Waals surface area contributed by atoms with Crippen LogP contribution in [0.1, 0.15) is 18.5 Å². The maximum Gasteiger partial charge on any atom is 0.251 e. The molecule has 0 aromatic heterocycles. The SMILES string of the molecule is CC(=O)NCC(=O)NC(C(=O)Nc1ccc2c(c1)OCO2)c1ccccc1. The van der Waals surface area contributed by atoms with Crippen LogP contribution in [0.2, 0.25) is 0 Å². The number of carbonyl (C=O) groups excluding carboxylic acids is 3. The molecule has 3 amide bonds. The second-order valence-corrected chi connectivity index (χ2v) is 5.88. The van der Waals surface area contributed by atoms with Crippen LogP contribution in [-0.4, -0.2) is 31.1 Å². The van der Waals surface area contributed by atoms with Gasteiger partial charge in [0.05, 0.1) is 6.54 Å². The van der Waals surface area contributed by atoms with Crippen molar-refractivity contribution in [3.05, 3.63) is 54.1 Å². The summed E-state index contributed by atoms with van der Waals surface area (Å²) in [7, 11) is 0. The second kappa shape index (κ2) is 8.22. The van der Waals surface area contributed by atoms with Crippen LogP contribution in [0.15, 0.2) is 48.5 Å². The Balaban J connectivity index is 1.74. The lowest BCUT2D eigenvalue weighted by Gasteiger charge is -2.19. The molecule has 1 heterocycles. The highest BCUT2D eigenvalue weighted by molar-refractivity contribution is 5.98. The number of carbonyl (C=O) groups is 3. The van der Waals surface area contributed by atoms with Gasteiger partial charge >= 0.3 is 0 Å². The zero-order valence-electron chi connectivity index (χ0n) is 14.7. The Bertz CT molecular complexity index is 854. The smallest absolute Gasteiger partial charge is 0.251 e. The lowest BCUT2D eigenvalue weighted by Crippen LogP contribution is -2.42. The van der Waals surface area contributed by atoms with Gasteiger partial charge < -0.3 is 25.4 Å². The van der Waals surface area contributed by atoms with E-state index in [1.807, 2.05) is 6.07 Å². The molecule has 3 rings (SSSR count). The first-order chi connectivity index (χ1) is 13.0. The Morgan fingerprint density at radius 2 is 1.78 bits per heavy atom. The summed E-state index contributed by atoms with van der Waals surface area (Å²) in [5.74, 6) is -0.0719. The van der Waals surface area contributed by atoms with E-state index in [0.717, 1.165) is 0 Å². The van der Waals surface area contributed by atoms with E-state index in [0.29, 0.717) is 22.7 Å². The minimum absolute atomic E-state index is 0.137. The van der Waals surface area contributed by atoms with Gasteiger partial charge in [0, 0.05) is 18.7 Å². The van der Waals surface area contributed by atoms with Gasteiger partial charge in [-0.15, -0.1) is 0 Å². The first-order valence-corrected chi connectivity index (χ1v) is 8.32. The maximum absolute atomic E-state index is 12.8. The van der Waals surface area contributed by atoms with Crippen molar-refractivity contribution >= 4 is 23.4 Å². The molecule has 27 heavy (non-hydrogen) atoms. The molecule has 0 saturated carbocycles. The Hall–Kier alpha value is -3.55. The zero-order valence-corrected chi connectivity index (χ0v) is 14.7. The number of ether oxygens (including phenoxy) is 2. The van der Waals surface area contributed by atoms with Crippen LogP contribution in [-0.2, 0) is 14.4 Å². The van der Waals surface area contributed by atoms with Crippen molar-refractivity contribution in [1.82, 2.24) is 10.6 Å². The molecule has 2 aromatic carbocycles. The Kier molecular flexibility index (Phi) is 5.55. The number of nitrogens with one attached hydrogen (secondary N) is 3. The highest BCUT2D eigenvalue weighted by atomic mass is 16.7. The predicted molar refractivity (Wildman–Crippen MR) is 97.2 cm³/mol. The van der Waals surface area contributed by atoms with E-state index >= 15 is 0 Å². The molecule has 2 aromatic rings. The molecule has 1 unspecified atom stereocenters. The summed E-state index contributed by atoms with van der Waals surface area (Å²) >= 11 is 0. The van der Waals surface area contributed by atoms with Gasteiger partial charge in [-0.25, -0.2) is 0 Å². The highest BCUT2D eigenvalue weighted by Crippen LogP contribution is 2.34. The van der Waals surface area contributed by atoms with Crippen LogP contribution < -0.4 is 25.4 Å². The summed E-state index contributed by atoms with van der Waals surface area (Å²) < 4.78 is 10.5. The number of fused-ring (bicyclic) bond motifs is 1. The van der Waals surface area contributed by atoms with Gasteiger partial charge in [-0.2, -0.15) is 0 Å². The van der Waals surface area contributed by atoms with Crippen molar-refractivity contribution in [2.45, 2.75) is 13.0 Å². The number of rotatable bonds is 6. The summed E-state index contributed by atoms with van der Waals surface area (Å²) in [5.41, 5.74) is 1.13. The fourth-order valence-electron chi connectivity index (χ4n) is 2.55. The first kappa shape index (κ1) is 18.2. The molecule has 0 aliphatic carbocycles. The summed E-state index contributed by atoms with van der Waals surface area (Å²) in [6.45, 7) is 1.24. The van der Waals surface area contributed by atoms with Crippen LogP contribution in [0.5, 0.6) is 11.5 Å². The van der Waals surface area contributed by atoms with Crippen LogP contribution in [0.25, 0.3) is 0 Å². The molecule has 3 N–H and O–H groups in total. The minimum Gasteiger partial charge on any atom is -0.454 e. The summed E-state index contributed by atoms with van der Waals surface area (Å²) in [4.78, 5) is 35.9. The fourth-order valence-corrected chi connectivity index (χ4v) is 2.55. The average molecular weight is 369 g/mol. The topological polar surface area (TPSA) is 106 Å². The third kappa shape index (κ3) is 4.75. The van der Waals surface area contributed by atoms with E-state index in [4.69, 9.17) is 9.47 Å². The summed E-state index contributed by atoms with van der Waals surface area (Å²) in [6, 6.07) is 13.0. The molecule has 0 radical (unpaired) electrons. The highest BCUT2D eigenvalue weighted by Gasteiger charge is 2.23. The van der Waals surface area contributed by atoms with Gasteiger partial charge in [0.15, 0.2) is 11.5 Å². The number of amides is 3. The van der Waals surface area contributed by atoms with Crippen molar-refractivity contribution < 1.29 is 23.9 Å². The Labute approximate surface area is 155 Å². The monoisotopic (exact) mass is 369 g/mol. The van der Waals surface area contributed by atoms with Crippen molar-refractivity contribution in [2.75, 3.05) is 18.7 Å². The van der Waals surface area contributed by atoms with Gasteiger partial charge in [-0.05, 0) is 17.7 Å². The van der Waals surface area contributed by atoms with Crippen LogP contribution in [0, 0.1) is 0 Å². The molecule has 1 aliphatic rings. The molecule has 0 saturated heterocycles. The molecule has 8 heteroatoms. The van der Waals surface area contributed by atoms with Crippen LogP contribution in [0.4, 0.5) is 5.69 Å². The van der Waals surface area contributed by atoms with E-state index in [-0.39, 0.29) is 19.2 Å². The fraction of sp³-hybridized carbons (Fsp3) is 0.211. The lowest BCUT2D eigenvalue weighted by molar-refractivity contribution is -0.127. The normalized spacial score (nSPS) is 12.8. The molecular formula is C19H19N3O5. The van der Waals surface area contributed by atoms with E-state index in [1.54, 1.807) is 42.5 Å². The van der Waals surface area contributed by atoms with Crippen molar-refractivity contribution in [3.8, 4) is 11.5 Å². The maximum atomic E-state index is 12.8. The van der Waals surface area contributed by atoms with Gasteiger partial charge in [0.25, 0.3) is 5.91 Å². The quantitative estimate of drug-likeness (QED) is 0.713. The van der Waals surface area contributed by atoms with Crippen LogP contribution in [0.3, 0.4) is 0 Å². The number of hydrogen-bond acceptors (Lipinski definition) is 5. The summed E-state index contributed by atoms with van der Waals surface area (Å²) in [6.07, 6.45) is 0. The summed E-state index contributed by atoms with van der Waals surface area (Å²) in [5, 5.41) is 7.81. The average Bonchev–Trinajstić information content (AvgIpc) is 3.13. The predicted octanol–water partition coefficient (Wildman–Crippen LogP) is 1.35. The van der Waals surface area contributed by atoms with Gasteiger partial charge in [-0.3, -0.25) is 14.4 Å². The van der Waals surface area contributed by atoms with Crippen molar-refractivity contribution in [1.29, 1.82) is 0 Å². The van der Waals surface area contributed by atoms with E-state index in [1.165, 1.54) is 6.92 Å². The molecule has 8 nitrogen and oxygen atoms in total. The van der Waals surface area contributed by atoms with Gasteiger partial charge in [-0.1, -0.05) is 30.3 Å².